The van der Waals surface area contributed by atoms with Gasteiger partial charge in [-0.3, -0.25) is 9.78 Å². The highest BCUT2D eigenvalue weighted by Gasteiger charge is 2.14. The van der Waals surface area contributed by atoms with Gasteiger partial charge in [-0.1, -0.05) is 19.3 Å². The normalized spacial score (nSPS) is 15.9. The number of nitrogens with one attached hydrogen (secondary N) is 1. The lowest BCUT2D eigenvalue weighted by molar-refractivity contribution is -0.136. The number of urea groups is 1. The molecule has 0 saturated carbocycles. The predicted octanol–water partition coefficient (Wildman–Crippen LogP) is 2.51. The van der Waals surface area contributed by atoms with Crippen molar-refractivity contribution in [2.24, 2.45) is 0 Å². The zero-order valence-corrected chi connectivity index (χ0v) is 12.0. The summed E-state index contributed by atoms with van der Waals surface area (Å²) in [6, 6.07) is 3.20. The first-order valence-corrected chi connectivity index (χ1v) is 7.38. The molecule has 2 heterocycles. The van der Waals surface area contributed by atoms with Crippen molar-refractivity contribution < 1.29 is 14.7 Å². The highest BCUT2D eigenvalue weighted by Crippen LogP contribution is 2.13. The number of pyridine rings is 1. The summed E-state index contributed by atoms with van der Waals surface area (Å²) in [5, 5.41) is 11.5. The number of nitrogens with zero attached hydrogens (tertiary/aromatic N) is 2. The number of hydrogen-bond acceptors (Lipinski definition) is 3. The monoisotopic (exact) mass is 291 g/mol. The van der Waals surface area contributed by atoms with E-state index >= 15 is 0 Å². The van der Waals surface area contributed by atoms with Crippen LogP contribution in [0, 0.1) is 0 Å². The van der Waals surface area contributed by atoms with Crippen LogP contribution in [0.3, 0.4) is 0 Å². The molecule has 21 heavy (non-hydrogen) atoms. The summed E-state index contributed by atoms with van der Waals surface area (Å²) in [5.74, 6) is -0.917. The van der Waals surface area contributed by atoms with Crippen LogP contribution in [0.15, 0.2) is 18.3 Å². The van der Waals surface area contributed by atoms with Crippen molar-refractivity contribution in [2.75, 3.05) is 18.4 Å². The summed E-state index contributed by atoms with van der Waals surface area (Å²) in [6.45, 7) is 1.58. The molecule has 0 spiro atoms. The first-order chi connectivity index (χ1) is 10.1. The summed E-state index contributed by atoms with van der Waals surface area (Å²) in [5.41, 5.74) is 1.07. The van der Waals surface area contributed by atoms with Gasteiger partial charge in [0.2, 0.25) is 0 Å². The zero-order valence-electron chi connectivity index (χ0n) is 12.0. The molecule has 0 radical (unpaired) electrons. The van der Waals surface area contributed by atoms with E-state index in [9.17, 15) is 9.59 Å². The van der Waals surface area contributed by atoms with Crippen LogP contribution in [0.1, 0.15) is 37.8 Å². The third-order valence-electron chi connectivity index (χ3n) is 3.55. The van der Waals surface area contributed by atoms with Crippen molar-refractivity contribution in [2.45, 2.75) is 38.5 Å². The third-order valence-corrected chi connectivity index (χ3v) is 3.55. The van der Waals surface area contributed by atoms with Crippen LogP contribution in [0.4, 0.5) is 10.5 Å². The lowest BCUT2D eigenvalue weighted by atomic mass is 10.1. The number of amides is 2. The molecule has 2 amide bonds. The summed E-state index contributed by atoms with van der Waals surface area (Å²) >= 11 is 0. The molecule has 6 nitrogen and oxygen atoms in total. The Morgan fingerprint density at radius 2 is 1.81 bits per heavy atom. The van der Waals surface area contributed by atoms with Crippen molar-refractivity contribution >= 4 is 17.7 Å². The molecule has 0 bridgehead atoms. The van der Waals surface area contributed by atoms with Gasteiger partial charge in [0.25, 0.3) is 0 Å². The first kappa shape index (κ1) is 15.3. The number of anilines is 1. The van der Waals surface area contributed by atoms with E-state index in [0.29, 0.717) is 11.4 Å². The Morgan fingerprint density at radius 3 is 2.38 bits per heavy atom. The van der Waals surface area contributed by atoms with Gasteiger partial charge in [0.1, 0.15) is 0 Å². The van der Waals surface area contributed by atoms with Gasteiger partial charge in [-0.15, -0.1) is 0 Å². The minimum absolute atomic E-state index is 0.107. The van der Waals surface area contributed by atoms with Crippen LogP contribution in [-0.4, -0.2) is 40.1 Å². The average Bonchev–Trinajstić information content (AvgIpc) is 2.40. The van der Waals surface area contributed by atoms with Crippen LogP contribution in [-0.2, 0) is 11.2 Å². The van der Waals surface area contributed by atoms with E-state index in [4.69, 9.17) is 5.11 Å². The maximum atomic E-state index is 12.2. The average molecular weight is 291 g/mol. The molecule has 114 valence electrons. The fourth-order valence-electron chi connectivity index (χ4n) is 2.41. The van der Waals surface area contributed by atoms with Gasteiger partial charge in [-0.25, -0.2) is 4.79 Å². The minimum Gasteiger partial charge on any atom is -0.481 e. The highest BCUT2D eigenvalue weighted by atomic mass is 16.4. The molecule has 6 heteroatoms. The molecule has 1 fully saturated rings. The van der Waals surface area contributed by atoms with E-state index in [1.165, 1.54) is 25.5 Å². The Morgan fingerprint density at radius 1 is 1.14 bits per heavy atom. The van der Waals surface area contributed by atoms with Crippen LogP contribution in [0.2, 0.25) is 0 Å². The van der Waals surface area contributed by atoms with Gasteiger partial charge in [0, 0.05) is 13.1 Å². The van der Waals surface area contributed by atoms with Gasteiger partial charge in [-0.05, 0) is 25.0 Å². The highest BCUT2D eigenvalue weighted by molar-refractivity contribution is 5.89. The second-order valence-electron chi connectivity index (χ2n) is 5.29. The molecule has 0 aromatic carbocycles. The quantitative estimate of drug-likeness (QED) is 0.896. The fraction of sp³-hybridized carbons (Fsp3) is 0.533. The zero-order chi connectivity index (χ0) is 15.1. The molecule has 1 aliphatic heterocycles. The fourth-order valence-corrected chi connectivity index (χ4v) is 2.41. The molecule has 0 aliphatic carbocycles. The number of carbonyl (C=O) groups is 2. The van der Waals surface area contributed by atoms with Crippen molar-refractivity contribution in [1.82, 2.24) is 9.88 Å². The number of aromatic nitrogens is 1. The lowest BCUT2D eigenvalue weighted by Gasteiger charge is -2.25. The van der Waals surface area contributed by atoms with Gasteiger partial charge >= 0.3 is 12.0 Å². The van der Waals surface area contributed by atoms with Crippen LogP contribution in [0.5, 0.6) is 0 Å². The Hall–Kier alpha value is -2.11. The number of hydrogen-bond donors (Lipinski definition) is 2. The molecule has 0 atom stereocenters. The third kappa shape index (κ3) is 5.06. The Kier molecular flexibility index (Phi) is 5.54. The summed E-state index contributed by atoms with van der Waals surface area (Å²) < 4.78 is 0. The van der Waals surface area contributed by atoms with E-state index in [0.717, 1.165) is 25.9 Å². The molecule has 1 aromatic heterocycles. The molecular formula is C15H21N3O3. The van der Waals surface area contributed by atoms with E-state index in [1.54, 1.807) is 12.1 Å². The lowest BCUT2D eigenvalue weighted by Crippen LogP contribution is -2.37. The Balaban J connectivity index is 1.90. The van der Waals surface area contributed by atoms with Crippen LogP contribution < -0.4 is 5.32 Å². The van der Waals surface area contributed by atoms with Gasteiger partial charge < -0.3 is 15.3 Å². The van der Waals surface area contributed by atoms with Crippen molar-refractivity contribution in [3.05, 3.63) is 24.0 Å². The second-order valence-corrected chi connectivity index (χ2v) is 5.29. The number of rotatable bonds is 3. The second kappa shape index (κ2) is 7.61. The van der Waals surface area contributed by atoms with E-state index in [2.05, 4.69) is 10.3 Å². The molecule has 1 saturated heterocycles. The molecule has 1 aromatic rings. The molecular weight excluding hydrogens is 270 g/mol. The molecule has 1 aliphatic rings. The van der Waals surface area contributed by atoms with E-state index in [1.807, 2.05) is 4.90 Å². The number of carbonyl (C=O) groups excluding carboxylic acids is 1. The first-order valence-electron chi connectivity index (χ1n) is 7.38. The molecule has 2 rings (SSSR count). The van der Waals surface area contributed by atoms with Crippen LogP contribution >= 0.6 is 0 Å². The Bertz CT molecular complexity index is 479. The summed E-state index contributed by atoms with van der Waals surface area (Å²) in [4.78, 5) is 28.6. The Labute approximate surface area is 124 Å². The van der Waals surface area contributed by atoms with Crippen molar-refractivity contribution in [1.29, 1.82) is 0 Å². The maximum Gasteiger partial charge on any atom is 0.321 e. The number of aliphatic carboxylic acids is 1. The van der Waals surface area contributed by atoms with Gasteiger partial charge in [0.15, 0.2) is 0 Å². The smallest absolute Gasteiger partial charge is 0.321 e. The molecule has 2 N–H and O–H groups in total. The van der Waals surface area contributed by atoms with Gasteiger partial charge in [-0.2, -0.15) is 0 Å². The number of likely N-dealkylation sites (tertiary alicyclic amines) is 1. The van der Waals surface area contributed by atoms with Crippen LogP contribution in [0.25, 0.3) is 0 Å². The van der Waals surface area contributed by atoms with E-state index < -0.39 is 5.97 Å². The van der Waals surface area contributed by atoms with Gasteiger partial charge in [0.05, 0.1) is 24.0 Å². The largest absolute Gasteiger partial charge is 0.481 e. The predicted molar refractivity (Wildman–Crippen MR) is 79.3 cm³/mol. The standard InChI is InChI=1S/C15H21N3O3/c19-14(20)10-12-6-7-13(11-16-12)17-15(21)18-8-4-2-1-3-5-9-18/h6-7,11H,1-5,8-10H2,(H,17,21)(H,19,20). The number of carboxylic acids is 1. The summed E-state index contributed by atoms with van der Waals surface area (Å²) in [6.07, 6.45) is 7.09. The van der Waals surface area contributed by atoms with E-state index in [-0.39, 0.29) is 12.5 Å². The number of carboxylic acid groups (broad SMARTS) is 1. The topological polar surface area (TPSA) is 82.5 Å². The summed E-state index contributed by atoms with van der Waals surface area (Å²) in [7, 11) is 0. The van der Waals surface area contributed by atoms with Crippen molar-refractivity contribution in [3.63, 3.8) is 0 Å². The molecule has 0 unspecified atom stereocenters. The SMILES string of the molecule is O=C(O)Cc1ccc(NC(=O)N2CCCCCCC2)cn1. The minimum atomic E-state index is -0.917. The van der Waals surface area contributed by atoms with Crippen molar-refractivity contribution in [3.8, 4) is 0 Å². The maximum absolute atomic E-state index is 12.2.